The van der Waals surface area contributed by atoms with Crippen molar-refractivity contribution in [3.05, 3.63) is 35.5 Å². The second-order valence-corrected chi connectivity index (χ2v) is 18.6. The van der Waals surface area contributed by atoms with Gasteiger partial charge in [0.1, 0.15) is 6.79 Å². The fourth-order valence-corrected chi connectivity index (χ4v) is 8.10. The Bertz CT molecular complexity index is 1120. The molecule has 0 radical (unpaired) electrons. The van der Waals surface area contributed by atoms with E-state index in [9.17, 15) is 14.4 Å². The van der Waals surface area contributed by atoms with E-state index in [-0.39, 0.29) is 29.3 Å². The number of esters is 2. The van der Waals surface area contributed by atoms with E-state index >= 15 is 0 Å². The number of rotatable bonds is 13. The monoisotopic (exact) mass is 620 g/mol. The van der Waals surface area contributed by atoms with Crippen LogP contribution in [0.3, 0.4) is 0 Å². The average molecular weight is 621 g/mol. The number of fused-ring (bicyclic) bond motifs is 3. The normalized spacial score (nSPS) is 28.9. The summed E-state index contributed by atoms with van der Waals surface area (Å²) in [6.45, 7) is 21.4. The third-order valence-electron chi connectivity index (χ3n) is 9.99. The minimum Gasteiger partial charge on any atom is -0.453 e. The van der Waals surface area contributed by atoms with Crippen LogP contribution >= 0.6 is 0 Å². The third kappa shape index (κ3) is 7.58. The Labute approximate surface area is 258 Å². The molecule has 0 bridgehead atoms. The van der Waals surface area contributed by atoms with Crippen LogP contribution in [0.15, 0.2) is 35.5 Å². The van der Waals surface area contributed by atoms with Crippen LogP contribution < -0.4 is 0 Å². The van der Waals surface area contributed by atoms with Crippen LogP contribution in [0.5, 0.6) is 0 Å². The molecule has 3 rings (SSSR count). The molecule has 43 heavy (non-hydrogen) atoms. The van der Waals surface area contributed by atoms with Gasteiger partial charge in [-0.2, -0.15) is 0 Å². The number of methoxy groups -OCH3 is 1. The highest BCUT2D eigenvalue weighted by atomic mass is 28.4. The van der Waals surface area contributed by atoms with Crippen LogP contribution in [0.2, 0.25) is 18.1 Å². The van der Waals surface area contributed by atoms with Gasteiger partial charge >= 0.3 is 11.9 Å². The molecule has 3 aliphatic rings. The molecule has 1 saturated carbocycles. The number of aldehydes is 1. The van der Waals surface area contributed by atoms with E-state index in [1.807, 2.05) is 6.08 Å². The Balaban J connectivity index is 2.10. The summed E-state index contributed by atoms with van der Waals surface area (Å²) in [5, 5.41) is 0.0843. The molecule has 0 aromatic carbocycles. The Morgan fingerprint density at radius 3 is 2.40 bits per heavy atom. The van der Waals surface area contributed by atoms with Crippen molar-refractivity contribution < 1.29 is 42.5 Å². The zero-order valence-corrected chi connectivity index (χ0v) is 28.6. The summed E-state index contributed by atoms with van der Waals surface area (Å²) in [5.41, 5.74) is 1.26. The first-order valence-electron chi connectivity index (χ1n) is 15.3. The van der Waals surface area contributed by atoms with Crippen molar-refractivity contribution in [1.82, 2.24) is 0 Å². The molecule has 0 spiro atoms. The summed E-state index contributed by atoms with van der Waals surface area (Å²) in [6.07, 6.45) is 6.02. The number of carbonyl (C=O) groups is 3. The third-order valence-corrected chi connectivity index (χ3v) is 14.5. The molecule has 242 valence electrons. The van der Waals surface area contributed by atoms with Gasteiger partial charge in [-0.25, -0.2) is 0 Å². The van der Waals surface area contributed by atoms with Gasteiger partial charge in [-0.1, -0.05) is 40.3 Å². The number of allylic oxidation sites excluding steroid dienone is 1. The molecule has 0 aliphatic heterocycles. The Morgan fingerprint density at radius 2 is 1.81 bits per heavy atom. The van der Waals surface area contributed by atoms with Gasteiger partial charge in [0.15, 0.2) is 26.8 Å². The number of ether oxygens (including phenoxy) is 5. The maximum Gasteiger partial charge on any atom is 0.303 e. The van der Waals surface area contributed by atoms with Crippen molar-refractivity contribution in [2.45, 2.75) is 116 Å². The summed E-state index contributed by atoms with van der Waals surface area (Å²) in [5.74, 6) is -1.12. The first kappa shape index (κ1) is 35.4. The van der Waals surface area contributed by atoms with E-state index in [1.165, 1.54) is 13.8 Å². The summed E-state index contributed by atoms with van der Waals surface area (Å²) >= 11 is 0. The fourth-order valence-electron chi connectivity index (χ4n) is 6.65. The van der Waals surface area contributed by atoms with E-state index in [4.69, 9.17) is 28.1 Å². The molecule has 6 atom stereocenters. The molecule has 10 heteroatoms. The lowest BCUT2D eigenvalue weighted by Crippen LogP contribution is -2.55. The largest absolute Gasteiger partial charge is 0.453 e. The second kappa shape index (κ2) is 13.9. The van der Waals surface area contributed by atoms with Crippen molar-refractivity contribution >= 4 is 26.5 Å². The summed E-state index contributed by atoms with van der Waals surface area (Å²) in [4.78, 5) is 36.1. The number of carbonyl (C=O) groups excluding carboxylic acids is 3. The smallest absolute Gasteiger partial charge is 0.303 e. The molecule has 0 unspecified atom stereocenters. The minimum atomic E-state index is -2.04. The SMILES string of the molecule is C=C1CC[C@@]2(OCOCCOC)C(=CC[C@]3(C)[C@@H](O[Si](C)(C)C(C)(C)C)CC[C@H]32)C=C1[C@@H](OC(C)=O)[C@@H](C=O)OC(C)=O. The zero-order valence-electron chi connectivity index (χ0n) is 27.6. The Morgan fingerprint density at radius 1 is 1.14 bits per heavy atom. The van der Waals surface area contributed by atoms with E-state index in [1.54, 1.807) is 7.11 Å². The lowest BCUT2D eigenvalue weighted by atomic mass is 9.60. The van der Waals surface area contributed by atoms with Gasteiger partial charge in [0.25, 0.3) is 0 Å². The summed E-state index contributed by atoms with van der Waals surface area (Å²) < 4.78 is 35.8. The van der Waals surface area contributed by atoms with E-state index in [2.05, 4.69) is 53.4 Å². The molecule has 9 nitrogen and oxygen atoms in total. The lowest BCUT2D eigenvalue weighted by molar-refractivity contribution is -0.175. The van der Waals surface area contributed by atoms with Crippen LogP contribution in [0.25, 0.3) is 0 Å². The van der Waals surface area contributed by atoms with E-state index in [0.29, 0.717) is 43.5 Å². The molecule has 0 aromatic heterocycles. The van der Waals surface area contributed by atoms with Gasteiger partial charge in [-0.05, 0) is 73.0 Å². The quantitative estimate of drug-likeness (QED) is 0.0826. The number of hydrogen-bond donors (Lipinski definition) is 0. The first-order chi connectivity index (χ1) is 20.0. The molecule has 1 fully saturated rings. The standard InChI is InChI=1S/C33H52O9Si/c1-22-13-16-33(39-21-38-18-17-37-8)25(19-26(22)30(41-24(3)36)27(20-34)40-23(2)35)14-15-32(7)28(33)11-12-29(32)42-43(9,10)31(4,5)6/h14,19-20,27-30H,1,11-13,15-18,21H2,2-10H3/t27-,28-,29+,30-,32+,33-/m1/s1. The molecule has 0 saturated heterocycles. The van der Waals surface area contributed by atoms with Crippen molar-refractivity contribution in [2.75, 3.05) is 27.1 Å². The van der Waals surface area contributed by atoms with Gasteiger partial charge in [-0.3, -0.25) is 14.4 Å². The van der Waals surface area contributed by atoms with Crippen LogP contribution in [-0.4, -0.2) is 77.6 Å². The van der Waals surface area contributed by atoms with Gasteiger partial charge in [0.05, 0.1) is 24.9 Å². The number of hydrogen-bond acceptors (Lipinski definition) is 9. The van der Waals surface area contributed by atoms with Gasteiger partial charge in [0.2, 0.25) is 0 Å². The van der Waals surface area contributed by atoms with Gasteiger partial charge in [0, 0.05) is 32.3 Å². The van der Waals surface area contributed by atoms with E-state index in [0.717, 1.165) is 24.8 Å². The van der Waals surface area contributed by atoms with Crippen LogP contribution in [0.4, 0.5) is 0 Å². The molecular weight excluding hydrogens is 568 g/mol. The second-order valence-electron chi connectivity index (χ2n) is 13.9. The molecule has 0 heterocycles. The van der Waals surface area contributed by atoms with Crippen molar-refractivity contribution in [3.63, 3.8) is 0 Å². The van der Waals surface area contributed by atoms with Crippen molar-refractivity contribution in [2.24, 2.45) is 11.3 Å². The minimum absolute atomic E-state index is 0.0778. The molecule has 0 N–H and O–H groups in total. The summed E-state index contributed by atoms with van der Waals surface area (Å²) in [7, 11) is -0.416. The Kier molecular flexibility index (Phi) is 11.4. The predicted octanol–water partition coefficient (Wildman–Crippen LogP) is 5.84. The topological polar surface area (TPSA) is 107 Å². The fraction of sp³-hybridized carbons (Fsp3) is 0.727. The van der Waals surface area contributed by atoms with Crippen LogP contribution in [0.1, 0.15) is 73.6 Å². The molecule has 3 aliphatic carbocycles. The van der Waals surface area contributed by atoms with Crippen LogP contribution in [-0.2, 0) is 42.5 Å². The zero-order chi connectivity index (χ0) is 32.2. The highest BCUT2D eigenvalue weighted by molar-refractivity contribution is 6.74. The molecule has 0 amide bonds. The Hall–Kier alpha value is -2.11. The molecule has 0 aromatic rings. The lowest BCUT2D eigenvalue weighted by Gasteiger charge is -2.52. The van der Waals surface area contributed by atoms with Crippen LogP contribution in [0, 0.1) is 11.3 Å². The maximum absolute atomic E-state index is 12.2. The maximum atomic E-state index is 12.2. The highest BCUT2D eigenvalue weighted by Crippen LogP contribution is 2.61. The first-order valence-corrected chi connectivity index (χ1v) is 18.2. The van der Waals surface area contributed by atoms with E-state index < -0.39 is 38.1 Å². The summed E-state index contributed by atoms with van der Waals surface area (Å²) in [6, 6.07) is 0. The molecular formula is C33H52O9Si. The van der Waals surface area contributed by atoms with Crippen molar-refractivity contribution in [3.8, 4) is 0 Å². The average Bonchev–Trinajstić information content (AvgIpc) is 3.15. The predicted molar refractivity (Wildman–Crippen MR) is 166 cm³/mol. The van der Waals surface area contributed by atoms with Gasteiger partial charge < -0.3 is 28.1 Å². The highest BCUT2D eigenvalue weighted by Gasteiger charge is 2.61. The van der Waals surface area contributed by atoms with Gasteiger partial charge in [-0.15, -0.1) is 0 Å². The van der Waals surface area contributed by atoms with Crippen molar-refractivity contribution in [1.29, 1.82) is 0 Å².